The van der Waals surface area contributed by atoms with Gasteiger partial charge in [0.05, 0.1) is 12.2 Å². The van der Waals surface area contributed by atoms with E-state index in [4.69, 9.17) is 9.47 Å². The lowest BCUT2D eigenvalue weighted by atomic mass is 10.1. The van der Waals surface area contributed by atoms with Gasteiger partial charge in [-0.05, 0) is 49.5 Å². The first-order valence-electron chi connectivity index (χ1n) is 6.31. The van der Waals surface area contributed by atoms with Gasteiger partial charge in [0.1, 0.15) is 5.75 Å². The van der Waals surface area contributed by atoms with Gasteiger partial charge >= 0.3 is 11.9 Å². The minimum Gasteiger partial charge on any atom is -0.461 e. The van der Waals surface area contributed by atoms with Crippen LogP contribution >= 0.6 is 10.0 Å². The Morgan fingerprint density at radius 3 is 2.35 bits per heavy atom. The number of carbonyl (C=O) groups excluding carboxylic acids is 2. The van der Waals surface area contributed by atoms with Crippen molar-refractivity contribution in [2.45, 2.75) is 13.8 Å². The summed E-state index contributed by atoms with van der Waals surface area (Å²) in [6.45, 7) is 3.56. The Hall–Kier alpha value is -1.49. The number of rotatable bonds is 5. The Morgan fingerprint density at radius 1 is 1.20 bits per heavy atom. The molecule has 0 bridgehead atoms. The van der Waals surface area contributed by atoms with E-state index in [9.17, 15) is 9.59 Å². The molecule has 0 aliphatic rings. The summed E-state index contributed by atoms with van der Waals surface area (Å²) in [5.74, 6) is 0.638. The number of ether oxygens (including phenoxy) is 2. The number of aryl methyl sites for hydroxylation is 1. The van der Waals surface area contributed by atoms with Crippen LogP contribution in [0, 0.1) is 6.92 Å². The number of carbonyl (C=O) groups is 2. The van der Waals surface area contributed by atoms with Gasteiger partial charge in [-0.3, -0.25) is 4.79 Å². The fourth-order valence-corrected chi connectivity index (χ4v) is 2.10. The van der Waals surface area contributed by atoms with E-state index in [1.54, 1.807) is 25.1 Å². The summed E-state index contributed by atoms with van der Waals surface area (Å²) in [6, 6.07) is 4.89. The van der Waals surface area contributed by atoms with Crippen LogP contribution in [0.15, 0.2) is 18.2 Å². The highest BCUT2D eigenvalue weighted by Crippen LogP contribution is 2.33. The zero-order valence-electron chi connectivity index (χ0n) is 12.7. The van der Waals surface area contributed by atoms with Crippen LogP contribution in [-0.4, -0.2) is 43.1 Å². The number of esters is 2. The predicted molar refractivity (Wildman–Crippen MR) is 83.0 cm³/mol. The molecule has 0 fully saturated rings. The molecule has 0 N–H and O–H groups in total. The lowest BCUT2D eigenvalue weighted by Gasteiger charge is -2.24. The van der Waals surface area contributed by atoms with Crippen LogP contribution in [0.4, 0.5) is 0 Å². The molecule has 0 atom stereocenters. The van der Waals surface area contributed by atoms with Crippen molar-refractivity contribution < 1.29 is 19.1 Å². The smallest absolute Gasteiger partial charge is 0.338 e. The van der Waals surface area contributed by atoms with Gasteiger partial charge in [0.25, 0.3) is 0 Å². The van der Waals surface area contributed by atoms with Crippen molar-refractivity contribution in [1.82, 2.24) is 0 Å². The molecule has 0 spiro atoms. The van der Waals surface area contributed by atoms with Gasteiger partial charge in [-0.1, -0.05) is 0 Å². The van der Waals surface area contributed by atoms with Crippen molar-refractivity contribution in [2.75, 3.05) is 31.1 Å². The highest BCUT2D eigenvalue weighted by atomic mass is 32.3. The minimum absolute atomic E-state index is 0.342. The largest absolute Gasteiger partial charge is 0.461 e. The van der Waals surface area contributed by atoms with Gasteiger partial charge in [-0.2, -0.15) is 0 Å². The fraction of sp³-hybridized carbons (Fsp3) is 0.467. The standard InChI is InChI=1S/C15H22O4S/c1-11-10-13(6-7-14(11)19-12(2)16)15(17)18-8-9-20(3,4)5/h6-7,10H,8-9H2,1-5H3. The Balaban J connectivity index is 2.65. The second-order valence-corrected chi connectivity index (χ2v) is 10.1. The summed E-state index contributed by atoms with van der Waals surface area (Å²) >= 11 is 0. The van der Waals surface area contributed by atoms with Gasteiger partial charge in [0.2, 0.25) is 0 Å². The molecule has 0 amide bonds. The summed E-state index contributed by atoms with van der Waals surface area (Å²) in [4.78, 5) is 22.8. The molecule has 0 unspecified atom stereocenters. The molecule has 0 aromatic heterocycles. The zero-order chi connectivity index (χ0) is 15.3. The summed E-state index contributed by atoms with van der Waals surface area (Å²) in [5, 5.41) is 0. The molecule has 0 heterocycles. The molecule has 20 heavy (non-hydrogen) atoms. The molecule has 0 saturated carbocycles. The van der Waals surface area contributed by atoms with Crippen molar-refractivity contribution in [2.24, 2.45) is 0 Å². The summed E-state index contributed by atoms with van der Waals surface area (Å²) < 4.78 is 10.3. The van der Waals surface area contributed by atoms with Crippen LogP contribution in [0.25, 0.3) is 0 Å². The van der Waals surface area contributed by atoms with Crippen LogP contribution in [0.2, 0.25) is 0 Å². The summed E-state index contributed by atoms with van der Waals surface area (Å²) in [5.41, 5.74) is 1.21. The number of hydrogen-bond donors (Lipinski definition) is 0. The van der Waals surface area contributed by atoms with Crippen LogP contribution < -0.4 is 4.74 Å². The van der Waals surface area contributed by atoms with E-state index in [0.717, 1.165) is 11.3 Å². The molecule has 0 aliphatic heterocycles. The second kappa shape index (κ2) is 6.79. The maximum atomic E-state index is 11.9. The van der Waals surface area contributed by atoms with Crippen molar-refractivity contribution >= 4 is 22.0 Å². The lowest BCUT2D eigenvalue weighted by molar-refractivity contribution is -0.131. The molecular formula is C15H22O4S. The van der Waals surface area contributed by atoms with E-state index in [-0.39, 0.29) is 11.9 Å². The van der Waals surface area contributed by atoms with Crippen molar-refractivity contribution in [1.29, 1.82) is 0 Å². The molecule has 1 aromatic carbocycles. The maximum Gasteiger partial charge on any atom is 0.338 e. The van der Waals surface area contributed by atoms with E-state index in [1.807, 2.05) is 0 Å². The normalized spacial score (nSPS) is 11.8. The van der Waals surface area contributed by atoms with Crippen molar-refractivity contribution in [3.63, 3.8) is 0 Å². The van der Waals surface area contributed by atoms with Gasteiger partial charge in [-0.15, -0.1) is 0 Å². The molecule has 5 heteroatoms. The Kier molecular flexibility index (Phi) is 5.62. The first-order valence-corrected chi connectivity index (χ1v) is 9.34. The Morgan fingerprint density at radius 2 is 1.85 bits per heavy atom. The highest BCUT2D eigenvalue weighted by Gasteiger charge is 2.12. The van der Waals surface area contributed by atoms with E-state index < -0.39 is 10.0 Å². The minimum atomic E-state index is -0.665. The third-order valence-electron chi connectivity index (χ3n) is 2.59. The number of benzene rings is 1. The van der Waals surface area contributed by atoms with E-state index >= 15 is 0 Å². The molecule has 1 rings (SSSR count). The van der Waals surface area contributed by atoms with E-state index in [0.29, 0.717) is 17.9 Å². The van der Waals surface area contributed by atoms with Gasteiger partial charge < -0.3 is 9.47 Å². The Bertz CT molecular complexity index is 503. The van der Waals surface area contributed by atoms with Crippen molar-refractivity contribution in [3.05, 3.63) is 29.3 Å². The third kappa shape index (κ3) is 5.65. The summed E-state index contributed by atoms with van der Waals surface area (Å²) in [7, 11) is -0.665. The van der Waals surface area contributed by atoms with Gasteiger partial charge in [0, 0.05) is 12.7 Å². The van der Waals surface area contributed by atoms with Crippen LogP contribution in [0.5, 0.6) is 5.75 Å². The maximum absolute atomic E-state index is 11.9. The molecule has 4 nitrogen and oxygen atoms in total. The fourth-order valence-electron chi connectivity index (χ4n) is 1.51. The van der Waals surface area contributed by atoms with Crippen LogP contribution in [-0.2, 0) is 9.53 Å². The topological polar surface area (TPSA) is 52.6 Å². The monoisotopic (exact) mass is 298 g/mol. The van der Waals surface area contributed by atoms with Crippen molar-refractivity contribution in [3.8, 4) is 5.75 Å². The molecular weight excluding hydrogens is 276 g/mol. The highest BCUT2D eigenvalue weighted by molar-refractivity contribution is 8.32. The molecule has 112 valence electrons. The first-order chi connectivity index (χ1) is 9.19. The Labute approximate surface area is 121 Å². The lowest BCUT2D eigenvalue weighted by Crippen LogP contribution is -2.12. The van der Waals surface area contributed by atoms with Crippen LogP contribution in [0.1, 0.15) is 22.8 Å². The SMILES string of the molecule is CC(=O)Oc1ccc(C(=O)OCCS(C)(C)C)cc1C. The molecule has 1 aromatic rings. The second-order valence-electron chi connectivity index (χ2n) is 5.50. The summed E-state index contributed by atoms with van der Waals surface area (Å²) in [6.07, 6.45) is 6.54. The van der Waals surface area contributed by atoms with E-state index in [1.165, 1.54) is 6.92 Å². The average molecular weight is 298 g/mol. The molecule has 0 aliphatic carbocycles. The zero-order valence-corrected chi connectivity index (χ0v) is 13.5. The average Bonchev–Trinajstić information content (AvgIpc) is 2.29. The predicted octanol–water partition coefficient (Wildman–Crippen LogP) is 2.77. The molecule has 0 saturated heterocycles. The van der Waals surface area contributed by atoms with Gasteiger partial charge in [0.15, 0.2) is 0 Å². The molecule has 0 radical (unpaired) electrons. The van der Waals surface area contributed by atoms with Crippen LogP contribution in [0.3, 0.4) is 0 Å². The third-order valence-corrected chi connectivity index (χ3v) is 3.98. The van der Waals surface area contributed by atoms with Gasteiger partial charge in [-0.25, -0.2) is 14.8 Å². The first kappa shape index (κ1) is 16.6. The quantitative estimate of drug-likeness (QED) is 0.619. The van der Waals surface area contributed by atoms with E-state index in [2.05, 4.69) is 18.8 Å². The number of hydrogen-bond acceptors (Lipinski definition) is 4.